The normalized spacial score (nSPS) is 16.9. The third-order valence-corrected chi connectivity index (χ3v) is 6.46. The maximum absolute atomic E-state index is 13.2. The van der Waals surface area contributed by atoms with Gasteiger partial charge in [0.05, 0.1) is 29.3 Å². The Balaban J connectivity index is 1.79. The fourth-order valence-corrected chi connectivity index (χ4v) is 4.96. The first kappa shape index (κ1) is 23.7. The molecular formula is C23H29N3O5S. The van der Waals surface area contributed by atoms with Gasteiger partial charge in [-0.2, -0.15) is 0 Å². The predicted molar refractivity (Wildman–Crippen MR) is 124 cm³/mol. The second-order valence-electron chi connectivity index (χ2n) is 7.70. The van der Waals surface area contributed by atoms with Crippen LogP contribution in [0.4, 0.5) is 11.4 Å². The summed E-state index contributed by atoms with van der Waals surface area (Å²) in [5, 5.41) is 5.60. The van der Waals surface area contributed by atoms with Crippen LogP contribution < -0.4 is 14.9 Å². The van der Waals surface area contributed by atoms with Crippen LogP contribution in [-0.4, -0.2) is 51.8 Å². The van der Waals surface area contributed by atoms with E-state index in [2.05, 4.69) is 10.6 Å². The van der Waals surface area contributed by atoms with Gasteiger partial charge in [-0.3, -0.25) is 13.9 Å². The molecule has 1 aliphatic rings. The van der Waals surface area contributed by atoms with E-state index in [4.69, 9.17) is 4.74 Å². The standard InChI is InChI=1S/C23H29N3O5S/c1-3-21(26(32(2,29)30)17-10-5-4-6-11-17)23(28)25-20-14-8-7-13-19(20)22(27)24-16-18-12-9-15-31-18/h4-8,10-11,13-14,18,21H,3,9,12,15-16H2,1-2H3,(H,24,27)(H,25,28)/t18-,21+/m1/s1. The minimum atomic E-state index is -3.73. The van der Waals surface area contributed by atoms with Crippen molar-refractivity contribution in [3.8, 4) is 0 Å². The van der Waals surface area contributed by atoms with E-state index < -0.39 is 22.0 Å². The SMILES string of the molecule is CC[C@@H](C(=O)Nc1ccccc1C(=O)NC[C@H]1CCCO1)N(c1ccccc1)S(C)(=O)=O. The van der Waals surface area contributed by atoms with Crippen molar-refractivity contribution >= 4 is 33.2 Å². The van der Waals surface area contributed by atoms with Crippen LogP contribution in [0.25, 0.3) is 0 Å². The first-order valence-electron chi connectivity index (χ1n) is 10.7. The van der Waals surface area contributed by atoms with Crippen LogP contribution in [0.2, 0.25) is 0 Å². The third kappa shape index (κ3) is 5.86. The number of benzene rings is 2. The zero-order chi connectivity index (χ0) is 23.1. The molecule has 0 unspecified atom stereocenters. The number of hydrogen-bond donors (Lipinski definition) is 2. The molecule has 2 amide bonds. The first-order valence-corrected chi connectivity index (χ1v) is 12.5. The van der Waals surface area contributed by atoms with Gasteiger partial charge in [0.25, 0.3) is 5.91 Å². The largest absolute Gasteiger partial charge is 0.376 e. The van der Waals surface area contributed by atoms with Crippen LogP contribution in [0, 0.1) is 0 Å². The van der Waals surface area contributed by atoms with Crippen molar-refractivity contribution in [3.05, 3.63) is 60.2 Å². The predicted octanol–water partition coefficient (Wildman–Crippen LogP) is 2.78. The molecule has 2 atom stereocenters. The molecule has 1 saturated heterocycles. The van der Waals surface area contributed by atoms with Crippen molar-refractivity contribution in [1.29, 1.82) is 0 Å². The van der Waals surface area contributed by atoms with Crippen molar-refractivity contribution in [3.63, 3.8) is 0 Å². The highest BCUT2D eigenvalue weighted by Crippen LogP contribution is 2.24. The number of sulfonamides is 1. The zero-order valence-electron chi connectivity index (χ0n) is 18.3. The molecule has 3 rings (SSSR count). The molecule has 0 saturated carbocycles. The highest BCUT2D eigenvalue weighted by atomic mass is 32.2. The molecule has 2 aromatic carbocycles. The molecule has 172 valence electrons. The summed E-state index contributed by atoms with van der Waals surface area (Å²) in [6, 6.07) is 14.2. The lowest BCUT2D eigenvalue weighted by Crippen LogP contribution is -2.47. The number of amides is 2. The lowest BCUT2D eigenvalue weighted by atomic mass is 10.1. The zero-order valence-corrected chi connectivity index (χ0v) is 19.1. The number of ether oxygens (including phenoxy) is 1. The van der Waals surface area contributed by atoms with Crippen molar-refractivity contribution in [2.45, 2.75) is 38.3 Å². The second-order valence-corrected chi connectivity index (χ2v) is 9.56. The summed E-state index contributed by atoms with van der Waals surface area (Å²) in [7, 11) is -3.73. The number of carbonyl (C=O) groups is 2. The molecule has 0 spiro atoms. The molecule has 0 bridgehead atoms. The van der Waals surface area contributed by atoms with Gasteiger partial charge in [-0.25, -0.2) is 8.42 Å². The van der Waals surface area contributed by atoms with Gasteiger partial charge < -0.3 is 15.4 Å². The number of nitrogens with zero attached hydrogens (tertiary/aromatic N) is 1. The number of hydrogen-bond acceptors (Lipinski definition) is 5. The molecule has 1 aliphatic heterocycles. The quantitative estimate of drug-likeness (QED) is 0.600. The van der Waals surface area contributed by atoms with Crippen molar-refractivity contribution in [2.24, 2.45) is 0 Å². The van der Waals surface area contributed by atoms with Gasteiger partial charge in [-0.05, 0) is 43.5 Å². The molecule has 1 heterocycles. The van der Waals surface area contributed by atoms with Gasteiger partial charge in [0.15, 0.2) is 0 Å². The lowest BCUT2D eigenvalue weighted by Gasteiger charge is -2.30. The van der Waals surface area contributed by atoms with E-state index in [1.807, 2.05) is 0 Å². The Bertz CT molecular complexity index is 1040. The fourth-order valence-electron chi connectivity index (χ4n) is 3.75. The van der Waals surface area contributed by atoms with Crippen LogP contribution in [0.1, 0.15) is 36.5 Å². The molecular weight excluding hydrogens is 430 g/mol. The number of nitrogens with one attached hydrogen (secondary N) is 2. The molecule has 2 N–H and O–H groups in total. The monoisotopic (exact) mass is 459 g/mol. The van der Waals surface area contributed by atoms with E-state index in [0.29, 0.717) is 30.1 Å². The third-order valence-electron chi connectivity index (χ3n) is 5.28. The number of anilines is 2. The Morgan fingerprint density at radius 1 is 1.12 bits per heavy atom. The van der Waals surface area contributed by atoms with E-state index in [1.165, 1.54) is 0 Å². The summed E-state index contributed by atoms with van der Waals surface area (Å²) in [5.41, 5.74) is 1.03. The van der Waals surface area contributed by atoms with E-state index in [1.54, 1.807) is 61.5 Å². The number of rotatable bonds is 9. The number of carbonyl (C=O) groups excluding carboxylic acids is 2. The summed E-state index contributed by atoms with van der Waals surface area (Å²) in [5.74, 6) is -0.839. The summed E-state index contributed by atoms with van der Waals surface area (Å²) in [4.78, 5) is 25.9. The van der Waals surface area contributed by atoms with Crippen LogP contribution >= 0.6 is 0 Å². The van der Waals surface area contributed by atoms with Crippen LogP contribution in [0.15, 0.2) is 54.6 Å². The second kappa shape index (κ2) is 10.6. The molecule has 0 aromatic heterocycles. The summed E-state index contributed by atoms with van der Waals surface area (Å²) < 4.78 is 31.7. The number of para-hydroxylation sites is 2. The van der Waals surface area contributed by atoms with Gasteiger partial charge in [0, 0.05) is 13.2 Å². The van der Waals surface area contributed by atoms with Crippen molar-refractivity contribution in [1.82, 2.24) is 5.32 Å². The topological polar surface area (TPSA) is 105 Å². The Hall–Kier alpha value is -2.91. The van der Waals surface area contributed by atoms with Crippen LogP contribution in [-0.2, 0) is 19.6 Å². The Labute approximate surface area is 189 Å². The van der Waals surface area contributed by atoms with Gasteiger partial charge in [-0.1, -0.05) is 37.3 Å². The highest BCUT2D eigenvalue weighted by Gasteiger charge is 2.32. The van der Waals surface area contributed by atoms with E-state index >= 15 is 0 Å². The van der Waals surface area contributed by atoms with E-state index in [9.17, 15) is 18.0 Å². The molecule has 32 heavy (non-hydrogen) atoms. The van der Waals surface area contributed by atoms with Crippen LogP contribution in [0.5, 0.6) is 0 Å². The summed E-state index contributed by atoms with van der Waals surface area (Å²) in [6.07, 6.45) is 3.20. The van der Waals surface area contributed by atoms with Crippen molar-refractivity contribution in [2.75, 3.05) is 29.0 Å². The lowest BCUT2D eigenvalue weighted by molar-refractivity contribution is -0.117. The first-order chi connectivity index (χ1) is 15.3. The maximum Gasteiger partial charge on any atom is 0.253 e. The molecule has 0 radical (unpaired) electrons. The van der Waals surface area contributed by atoms with Gasteiger partial charge in [0.1, 0.15) is 6.04 Å². The van der Waals surface area contributed by atoms with E-state index in [0.717, 1.165) is 23.4 Å². The molecule has 1 fully saturated rings. The minimum absolute atomic E-state index is 0.000586. The maximum atomic E-state index is 13.2. The molecule has 2 aromatic rings. The van der Waals surface area contributed by atoms with Crippen molar-refractivity contribution < 1.29 is 22.7 Å². The summed E-state index contributed by atoms with van der Waals surface area (Å²) in [6.45, 7) is 2.84. The average Bonchev–Trinajstić information content (AvgIpc) is 3.29. The molecule has 9 heteroatoms. The van der Waals surface area contributed by atoms with Gasteiger partial charge >= 0.3 is 0 Å². The Morgan fingerprint density at radius 3 is 2.44 bits per heavy atom. The smallest absolute Gasteiger partial charge is 0.253 e. The Kier molecular flexibility index (Phi) is 7.87. The average molecular weight is 460 g/mol. The highest BCUT2D eigenvalue weighted by molar-refractivity contribution is 7.92. The minimum Gasteiger partial charge on any atom is -0.376 e. The summed E-state index contributed by atoms with van der Waals surface area (Å²) >= 11 is 0. The molecule has 8 nitrogen and oxygen atoms in total. The van der Waals surface area contributed by atoms with Crippen LogP contribution in [0.3, 0.4) is 0 Å². The molecule has 0 aliphatic carbocycles. The van der Waals surface area contributed by atoms with Gasteiger partial charge in [-0.15, -0.1) is 0 Å². The Morgan fingerprint density at radius 2 is 1.81 bits per heavy atom. The van der Waals surface area contributed by atoms with Gasteiger partial charge in [0.2, 0.25) is 15.9 Å². The van der Waals surface area contributed by atoms with E-state index in [-0.39, 0.29) is 18.4 Å². The fraction of sp³-hybridized carbons (Fsp3) is 0.391.